The van der Waals surface area contributed by atoms with Crippen LogP contribution in [0.1, 0.15) is 44.7 Å². The highest BCUT2D eigenvalue weighted by Crippen LogP contribution is 2.38. The molecule has 1 aromatic carbocycles. The van der Waals surface area contributed by atoms with E-state index >= 15 is 0 Å². The first kappa shape index (κ1) is 14.4. The van der Waals surface area contributed by atoms with Crippen molar-refractivity contribution in [2.24, 2.45) is 0 Å². The van der Waals surface area contributed by atoms with Crippen molar-refractivity contribution in [1.29, 1.82) is 0 Å². The Labute approximate surface area is 115 Å². The number of rotatable bonds is 6. The highest BCUT2D eigenvalue weighted by Gasteiger charge is 2.38. The molecule has 0 aliphatic carbocycles. The van der Waals surface area contributed by atoms with Crippen LogP contribution in [0.4, 0.5) is 0 Å². The largest absolute Gasteiger partial charge is 0.494 e. The number of hydrogen-bond donors (Lipinski definition) is 0. The Kier molecular flexibility index (Phi) is 4.83. The fourth-order valence-corrected chi connectivity index (χ4v) is 2.55. The Hall–Kier alpha value is -1.06. The van der Waals surface area contributed by atoms with Gasteiger partial charge in [-0.05, 0) is 36.6 Å². The third-order valence-corrected chi connectivity index (χ3v) is 3.56. The van der Waals surface area contributed by atoms with Crippen molar-refractivity contribution >= 4 is 0 Å². The van der Waals surface area contributed by atoms with Gasteiger partial charge in [-0.25, -0.2) is 0 Å². The first-order valence-electron chi connectivity index (χ1n) is 7.29. The minimum absolute atomic E-state index is 0.547. The van der Waals surface area contributed by atoms with E-state index in [4.69, 9.17) is 14.2 Å². The van der Waals surface area contributed by atoms with E-state index in [0.717, 1.165) is 37.2 Å². The smallest absolute Gasteiger partial charge is 0.194 e. The van der Waals surface area contributed by atoms with E-state index in [1.165, 1.54) is 5.56 Å². The van der Waals surface area contributed by atoms with Crippen LogP contribution in [0.3, 0.4) is 0 Å². The van der Waals surface area contributed by atoms with E-state index < -0.39 is 5.79 Å². The van der Waals surface area contributed by atoms with E-state index in [1.807, 2.05) is 6.07 Å². The average Bonchev–Trinajstić information content (AvgIpc) is 2.94. The quantitative estimate of drug-likeness (QED) is 0.785. The van der Waals surface area contributed by atoms with Crippen LogP contribution < -0.4 is 4.74 Å². The molecule has 0 amide bonds. The van der Waals surface area contributed by atoms with Crippen molar-refractivity contribution in [3.8, 4) is 5.75 Å². The summed E-state index contributed by atoms with van der Waals surface area (Å²) in [5.74, 6) is 0.390. The fraction of sp³-hybridized carbons (Fsp3) is 0.625. The summed E-state index contributed by atoms with van der Waals surface area (Å²) >= 11 is 0. The third-order valence-electron chi connectivity index (χ3n) is 3.56. The maximum Gasteiger partial charge on any atom is 0.194 e. The molecular formula is C16H24O3. The highest BCUT2D eigenvalue weighted by molar-refractivity contribution is 5.38. The normalized spacial score (nSPS) is 17.6. The minimum atomic E-state index is -0.547. The molecule has 1 fully saturated rings. The summed E-state index contributed by atoms with van der Waals surface area (Å²) in [6.45, 7) is 8.47. The molecule has 0 spiro atoms. The molecule has 0 radical (unpaired) electrons. The molecule has 0 bridgehead atoms. The van der Waals surface area contributed by atoms with Gasteiger partial charge in [0.25, 0.3) is 0 Å². The second-order valence-corrected chi connectivity index (χ2v) is 4.82. The summed E-state index contributed by atoms with van der Waals surface area (Å²) in [5.41, 5.74) is 2.40. The zero-order valence-corrected chi connectivity index (χ0v) is 12.2. The standard InChI is InChI=1S/C16H24O3/c1-4-9-17-14-7-8-15(13(5-2)12-14)16(6-3)18-10-11-19-16/h7-8,12H,4-6,9-11H2,1-3H3. The first-order chi connectivity index (χ1) is 9.25. The molecule has 0 aromatic heterocycles. The SMILES string of the molecule is CCCOc1ccc(C2(CC)OCCO2)c(CC)c1. The lowest BCUT2D eigenvalue weighted by Crippen LogP contribution is -2.27. The molecule has 0 saturated carbocycles. The number of ether oxygens (including phenoxy) is 3. The van der Waals surface area contributed by atoms with Crippen molar-refractivity contribution in [3.63, 3.8) is 0 Å². The number of aryl methyl sites for hydroxylation is 1. The van der Waals surface area contributed by atoms with E-state index in [1.54, 1.807) is 0 Å². The molecule has 1 heterocycles. The van der Waals surface area contributed by atoms with Gasteiger partial charge < -0.3 is 14.2 Å². The lowest BCUT2D eigenvalue weighted by molar-refractivity contribution is -0.168. The molecule has 2 rings (SSSR count). The van der Waals surface area contributed by atoms with Crippen LogP contribution >= 0.6 is 0 Å². The van der Waals surface area contributed by atoms with Crippen LogP contribution in [0.15, 0.2) is 18.2 Å². The molecular weight excluding hydrogens is 240 g/mol. The molecule has 3 nitrogen and oxygen atoms in total. The molecule has 1 aliphatic rings. The second-order valence-electron chi connectivity index (χ2n) is 4.82. The molecule has 19 heavy (non-hydrogen) atoms. The van der Waals surface area contributed by atoms with Crippen molar-refractivity contribution < 1.29 is 14.2 Å². The molecule has 1 saturated heterocycles. The van der Waals surface area contributed by atoms with Gasteiger partial charge in [0.1, 0.15) is 5.75 Å². The summed E-state index contributed by atoms with van der Waals surface area (Å²) in [4.78, 5) is 0. The molecule has 0 unspecified atom stereocenters. The van der Waals surface area contributed by atoms with Gasteiger partial charge in [-0.2, -0.15) is 0 Å². The van der Waals surface area contributed by atoms with Crippen LogP contribution in [0, 0.1) is 0 Å². The molecule has 1 aromatic rings. The van der Waals surface area contributed by atoms with Gasteiger partial charge in [0.2, 0.25) is 0 Å². The van der Waals surface area contributed by atoms with Gasteiger partial charge in [-0.3, -0.25) is 0 Å². The fourth-order valence-electron chi connectivity index (χ4n) is 2.55. The summed E-state index contributed by atoms with van der Waals surface area (Å²) in [5, 5.41) is 0. The molecule has 0 N–H and O–H groups in total. The zero-order chi connectivity index (χ0) is 13.7. The lowest BCUT2D eigenvalue weighted by Gasteiger charge is -2.28. The predicted molar refractivity (Wildman–Crippen MR) is 75.5 cm³/mol. The predicted octanol–water partition coefficient (Wildman–Crippen LogP) is 3.65. The summed E-state index contributed by atoms with van der Waals surface area (Å²) in [6, 6.07) is 6.23. The topological polar surface area (TPSA) is 27.7 Å². The first-order valence-corrected chi connectivity index (χ1v) is 7.29. The Morgan fingerprint density at radius 1 is 1.16 bits per heavy atom. The average molecular weight is 264 g/mol. The Morgan fingerprint density at radius 3 is 2.47 bits per heavy atom. The van der Waals surface area contributed by atoms with Crippen LogP contribution in [0.25, 0.3) is 0 Å². The summed E-state index contributed by atoms with van der Waals surface area (Å²) < 4.78 is 17.5. The molecule has 106 valence electrons. The van der Waals surface area contributed by atoms with Gasteiger partial charge in [-0.15, -0.1) is 0 Å². The third kappa shape index (κ3) is 2.93. The molecule has 3 heteroatoms. The van der Waals surface area contributed by atoms with Crippen molar-refractivity contribution in [2.45, 2.75) is 45.8 Å². The van der Waals surface area contributed by atoms with Gasteiger partial charge >= 0.3 is 0 Å². The Balaban J connectivity index is 2.29. The summed E-state index contributed by atoms with van der Waals surface area (Å²) in [7, 11) is 0. The van der Waals surface area contributed by atoms with Crippen LogP contribution in [-0.4, -0.2) is 19.8 Å². The van der Waals surface area contributed by atoms with Crippen molar-refractivity contribution in [2.75, 3.05) is 19.8 Å². The van der Waals surface area contributed by atoms with Gasteiger partial charge in [0.15, 0.2) is 5.79 Å². The van der Waals surface area contributed by atoms with Gasteiger partial charge in [0.05, 0.1) is 19.8 Å². The minimum Gasteiger partial charge on any atom is -0.494 e. The van der Waals surface area contributed by atoms with Gasteiger partial charge in [-0.1, -0.05) is 20.8 Å². The number of hydrogen-bond acceptors (Lipinski definition) is 3. The van der Waals surface area contributed by atoms with E-state index in [-0.39, 0.29) is 0 Å². The van der Waals surface area contributed by atoms with E-state index in [9.17, 15) is 0 Å². The van der Waals surface area contributed by atoms with E-state index in [0.29, 0.717) is 13.2 Å². The number of benzene rings is 1. The monoisotopic (exact) mass is 264 g/mol. The Morgan fingerprint density at radius 2 is 1.89 bits per heavy atom. The van der Waals surface area contributed by atoms with Crippen molar-refractivity contribution in [3.05, 3.63) is 29.3 Å². The van der Waals surface area contributed by atoms with Crippen LogP contribution in [0.2, 0.25) is 0 Å². The maximum atomic E-state index is 5.88. The second kappa shape index (κ2) is 6.40. The van der Waals surface area contributed by atoms with Crippen LogP contribution in [0.5, 0.6) is 5.75 Å². The lowest BCUT2D eigenvalue weighted by atomic mass is 9.95. The molecule has 1 aliphatic heterocycles. The molecule has 0 atom stereocenters. The summed E-state index contributed by atoms with van der Waals surface area (Å²) in [6.07, 6.45) is 2.80. The van der Waals surface area contributed by atoms with Gasteiger partial charge in [0, 0.05) is 12.0 Å². The maximum absolute atomic E-state index is 5.88. The van der Waals surface area contributed by atoms with E-state index in [2.05, 4.69) is 32.9 Å². The highest BCUT2D eigenvalue weighted by atomic mass is 16.7. The van der Waals surface area contributed by atoms with Crippen LogP contribution in [-0.2, 0) is 21.7 Å². The zero-order valence-electron chi connectivity index (χ0n) is 12.2. The Bertz CT molecular complexity index is 408. The van der Waals surface area contributed by atoms with Crippen molar-refractivity contribution in [1.82, 2.24) is 0 Å².